The molecule has 2 heterocycles. The summed E-state index contributed by atoms with van der Waals surface area (Å²) in [5.74, 6) is -0.807. The molecule has 0 saturated heterocycles. The predicted octanol–water partition coefficient (Wildman–Crippen LogP) is 4.42. The molecule has 0 spiro atoms. The Kier molecular flexibility index (Phi) is 6.88. The van der Waals surface area contributed by atoms with Gasteiger partial charge in [-0.05, 0) is 43.5 Å². The number of benzene rings is 2. The monoisotopic (exact) mass is 475 g/mol. The van der Waals surface area contributed by atoms with Gasteiger partial charge in [-0.1, -0.05) is 48.0 Å². The van der Waals surface area contributed by atoms with Crippen molar-refractivity contribution in [3.05, 3.63) is 92.3 Å². The number of amides is 1. The van der Waals surface area contributed by atoms with Crippen molar-refractivity contribution < 1.29 is 14.3 Å². The van der Waals surface area contributed by atoms with Gasteiger partial charge in [0.05, 0.1) is 23.2 Å². The Balaban J connectivity index is 1.48. The van der Waals surface area contributed by atoms with Crippen LogP contribution in [0.1, 0.15) is 31.9 Å². The zero-order valence-electron chi connectivity index (χ0n) is 19.3. The van der Waals surface area contributed by atoms with Gasteiger partial charge in [0.2, 0.25) is 0 Å². The Morgan fingerprint density at radius 1 is 1.09 bits per heavy atom. The second-order valence-corrected chi connectivity index (χ2v) is 9.14. The molecule has 0 unspecified atom stereocenters. The highest BCUT2D eigenvalue weighted by Crippen LogP contribution is 2.28. The van der Waals surface area contributed by atoms with Crippen molar-refractivity contribution in [1.29, 1.82) is 0 Å². The average Bonchev–Trinajstić information content (AvgIpc) is 3.15. The van der Waals surface area contributed by atoms with Crippen LogP contribution < -0.4 is 10.9 Å². The number of carbonyl (C=O) groups excluding carboxylic acids is 2. The van der Waals surface area contributed by atoms with E-state index in [4.69, 9.17) is 4.74 Å². The summed E-state index contributed by atoms with van der Waals surface area (Å²) in [6.45, 7) is 5.63. The van der Waals surface area contributed by atoms with Crippen molar-refractivity contribution in [2.24, 2.45) is 0 Å². The average molecular weight is 476 g/mol. The number of anilines is 1. The third-order valence-electron chi connectivity index (χ3n) is 5.55. The van der Waals surface area contributed by atoms with Crippen LogP contribution in [-0.4, -0.2) is 28.0 Å². The molecule has 1 N–H and O–H groups in total. The lowest BCUT2D eigenvalue weighted by Crippen LogP contribution is -2.26. The number of aromatic nitrogens is 2. The van der Waals surface area contributed by atoms with Crippen molar-refractivity contribution in [2.45, 2.75) is 33.7 Å². The van der Waals surface area contributed by atoms with Gasteiger partial charge in [-0.3, -0.25) is 19.0 Å². The van der Waals surface area contributed by atoms with Crippen molar-refractivity contribution in [3.8, 4) is 0 Å². The van der Waals surface area contributed by atoms with Gasteiger partial charge in [-0.15, -0.1) is 11.3 Å². The Labute approximate surface area is 201 Å². The molecular formula is C26H25N3O4S. The third-order valence-corrected chi connectivity index (χ3v) is 6.75. The molecule has 0 fully saturated rings. The van der Waals surface area contributed by atoms with Crippen LogP contribution in [0.25, 0.3) is 10.2 Å². The number of nitrogens with one attached hydrogen (secondary N) is 1. The van der Waals surface area contributed by atoms with Gasteiger partial charge in [0.15, 0.2) is 0 Å². The smallest absolute Gasteiger partial charge is 0.326 e. The number of rotatable bonds is 7. The molecule has 1 amide bonds. The Bertz CT molecular complexity index is 1420. The van der Waals surface area contributed by atoms with Crippen LogP contribution in [0.2, 0.25) is 0 Å². The predicted molar refractivity (Wildman–Crippen MR) is 134 cm³/mol. The Morgan fingerprint density at radius 2 is 1.85 bits per heavy atom. The van der Waals surface area contributed by atoms with Crippen molar-refractivity contribution >= 4 is 39.1 Å². The van der Waals surface area contributed by atoms with Crippen LogP contribution >= 0.6 is 11.3 Å². The lowest BCUT2D eigenvalue weighted by atomic mass is 10.1. The first-order valence-corrected chi connectivity index (χ1v) is 11.7. The summed E-state index contributed by atoms with van der Waals surface area (Å²) < 4.78 is 6.51. The molecule has 2 aromatic carbocycles. The van der Waals surface area contributed by atoms with Gasteiger partial charge < -0.3 is 10.1 Å². The zero-order valence-corrected chi connectivity index (χ0v) is 20.1. The summed E-state index contributed by atoms with van der Waals surface area (Å²) in [6, 6.07) is 15.5. The Hall–Kier alpha value is -3.78. The highest BCUT2D eigenvalue weighted by molar-refractivity contribution is 7.20. The molecule has 34 heavy (non-hydrogen) atoms. The molecule has 174 valence electrons. The summed E-state index contributed by atoms with van der Waals surface area (Å²) in [7, 11) is 0. The van der Waals surface area contributed by atoms with Crippen LogP contribution in [0.4, 0.5) is 5.69 Å². The highest BCUT2D eigenvalue weighted by atomic mass is 32.1. The number of esters is 1. The molecule has 4 aromatic rings. The first-order valence-electron chi connectivity index (χ1n) is 10.9. The van der Waals surface area contributed by atoms with Gasteiger partial charge >= 0.3 is 5.97 Å². The lowest BCUT2D eigenvalue weighted by molar-refractivity contribution is -0.144. The first kappa shape index (κ1) is 23.4. The second-order valence-electron chi connectivity index (χ2n) is 8.14. The minimum Gasteiger partial charge on any atom is -0.464 e. The molecule has 0 aliphatic rings. The van der Waals surface area contributed by atoms with Gasteiger partial charge in [-0.25, -0.2) is 4.98 Å². The number of carbonyl (C=O) groups is 2. The Morgan fingerprint density at radius 3 is 2.59 bits per heavy atom. The standard InChI is InChI=1S/C26H25N3O4S/c1-16-9-10-20(17(2)13-16)28-24(31)23-18(3)22-25(34-23)27-15-29(26(22)32)14-21(30)33-12-11-19-7-5-4-6-8-19/h4-10,13,15H,11-12,14H2,1-3H3,(H,28,31). The minimum absolute atomic E-state index is 0.230. The maximum Gasteiger partial charge on any atom is 0.326 e. The largest absolute Gasteiger partial charge is 0.464 e. The number of aryl methyl sites for hydroxylation is 3. The van der Waals surface area contributed by atoms with Crippen LogP contribution in [0.5, 0.6) is 0 Å². The van der Waals surface area contributed by atoms with Crippen LogP contribution in [0, 0.1) is 20.8 Å². The molecule has 0 saturated carbocycles. The van der Waals surface area contributed by atoms with E-state index in [1.807, 2.05) is 62.4 Å². The maximum absolute atomic E-state index is 13.1. The highest BCUT2D eigenvalue weighted by Gasteiger charge is 2.20. The summed E-state index contributed by atoms with van der Waals surface area (Å²) >= 11 is 1.16. The summed E-state index contributed by atoms with van der Waals surface area (Å²) in [5, 5.41) is 3.26. The van der Waals surface area contributed by atoms with Gasteiger partial charge in [0.1, 0.15) is 11.4 Å². The van der Waals surface area contributed by atoms with Crippen molar-refractivity contribution in [1.82, 2.24) is 9.55 Å². The molecule has 4 rings (SSSR count). The molecule has 0 aliphatic carbocycles. The molecule has 8 heteroatoms. The van der Waals surface area contributed by atoms with E-state index in [9.17, 15) is 14.4 Å². The number of thiophene rings is 1. The van der Waals surface area contributed by atoms with Crippen LogP contribution in [0.15, 0.2) is 59.7 Å². The number of fused-ring (bicyclic) bond motifs is 1. The fourth-order valence-corrected chi connectivity index (χ4v) is 4.77. The normalized spacial score (nSPS) is 10.9. The lowest BCUT2D eigenvalue weighted by Gasteiger charge is -2.08. The SMILES string of the molecule is Cc1ccc(NC(=O)c2sc3ncn(CC(=O)OCCc4ccccc4)c(=O)c3c2C)c(C)c1. The van der Waals surface area contributed by atoms with Crippen molar-refractivity contribution in [2.75, 3.05) is 11.9 Å². The quantitative estimate of drug-likeness (QED) is 0.400. The van der Waals surface area contributed by atoms with E-state index in [0.717, 1.165) is 33.7 Å². The second kappa shape index (κ2) is 10.0. The number of nitrogens with zero attached hydrogens (tertiary/aromatic N) is 2. The van der Waals surface area contributed by atoms with Gasteiger partial charge in [0.25, 0.3) is 11.5 Å². The maximum atomic E-state index is 13.1. The number of ether oxygens (including phenoxy) is 1. The summed E-state index contributed by atoms with van der Waals surface area (Å²) in [4.78, 5) is 43.5. The van der Waals surface area contributed by atoms with E-state index in [0.29, 0.717) is 27.1 Å². The van der Waals surface area contributed by atoms with E-state index in [1.165, 1.54) is 10.9 Å². The first-order chi connectivity index (χ1) is 16.3. The van der Waals surface area contributed by atoms with E-state index in [-0.39, 0.29) is 24.6 Å². The molecule has 2 aromatic heterocycles. The van der Waals surface area contributed by atoms with E-state index < -0.39 is 5.97 Å². The van der Waals surface area contributed by atoms with Gasteiger partial charge in [-0.2, -0.15) is 0 Å². The molecule has 7 nitrogen and oxygen atoms in total. The van der Waals surface area contributed by atoms with Crippen molar-refractivity contribution in [3.63, 3.8) is 0 Å². The van der Waals surface area contributed by atoms with Crippen LogP contribution in [0.3, 0.4) is 0 Å². The summed E-state index contributed by atoms with van der Waals surface area (Å²) in [6.07, 6.45) is 1.92. The summed E-state index contributed by atoms with van der Waals surface area (Å²) in [5.41, 5.74) is 4.03. The van der Waals surface area contributed by atoms with E-state index >= 15 is 0 Å². The fourth-order valence-electron chi connectivity index (χ4n) is 3.73. The number of hydrogen-bond donors (Lipinski definition) is 1. The van der Waals surface area contributed by atoms with Crippen LogP contribution in [-0.2, 0) is 22.5 Å². The molecule has 0 bridgehead atoms. The minimum atomic E-state index is -0.514. The molecule has 0 atom stereocenters. The van der Waals surface area contributed by atoms with Gasteiger partial charge in [0, 0.05) is 12.1 Å². The topological polar surface area (TPSA) is 90.3 Å². The molecule has 0 aliphatic heterocycles. The third kappa shape index (κ3) is 5.07. The van der Waals surface area contributed by atoms with E-state index in [1.54, 1.807) is 6.92 Å². The molecule has 0 radical (unpaired) electrons. The fraction of sp³-hybridized carbons (Fsp3) is 0.231. The molecular weight excluding hydrogens is 450 g/mol. The van der Waals surface area contributed by atoms with E-state index in [2.05, 4.69) is 10.3 Å². The number of hydrogen-bond acceptors (Lipinski definition) is 6. The zero-order chi connectivity index (χ0) is 24.2.